The topological polar surface area (TPSA) is 71.1 Å². The quantitative estimate of drug-likeness (QED) is 0.647. The molecule has 2 heterocycles. The molecule has 6 nitrogen and oxygen atoms in total. The Bertz CT molecular complexity index is 840. The molecule has 0 bridgehead atoms. The van der Waals surface area contributed by atoms with Gasteiger partial charge in [-0.3, -0.25) is 9.59 Å². The summed E-state index contributed by atoms with van der Waals surface area (Å²) in [5.41, 5.74) is 0.877. The zero-order valence-corrected chi connectivity index (χ0v) is 19.2. The van der Waals surface area contributed by atoms with Crippen LogP contribution in [0.1, 0.15) is 76.3 Å². The summed E-state index contributed by atoms with van der Waals surface area (Å²) in [6.07, 6.45) is 7.16. The van der Waals surface area contributed by atoms with Crippen LogP contribution < -0.4 is 0 Å². The highest BCUT2D eigenvalue weighted by Gasteiger charge is 2.62. The summed E-state index contributed by atoms with van der Waals surface area (Å²) in [7, 11) is 0. The van der Waals surface area contributed by atoms with Gasteiger partial charge in [0.05, 0.1) is 24.0 Å². The van der Waals surface area contributed by atoms with Crippen LogP contribution in [0.3, 0.4) is 0 Å². The Kier molecular flexibility index (Phi) is 5.56. The number of hydrogen-bond donors (Lipinski definition) is 0. The SMILES string of the molecule is C[C@]12CCCC[C@@]1(OCc1ccccc1CO[C@@]13CCCC[C@]1(C)C(=O)CO3)OCC2=O. The third kappa shape index (κ3) is 3.22. The molecule has 32 heavy (non-hydrogen) atoms. The van der Waals surface area contributed by atoms with Crippen molar-refractivity contribution in [2.75, 3.05) is 13.2 Å². The highest BCUT2D eigenvalue weighted by Crippen LogP contribution is 2.53. The Morgan fingerprint density at radius 2 is 1.12 bits per heavy atom. The molecule has 0 amide bonds. The van der Waals surface area contributed by atoms with E-state index in [-0.39, 0.29) is 24.8 Å². The average Bonchev–Trinajstić information content (AvgIpc) is 3.23. The van der Waals surface area contributed by atoms with Crippen molar-refractivity contribution in [3.63, 3.8) is 0 Å². The van der Waals surface area contributed by atoms with Gasteiger partial charge in [0, 0.05) is 12.8 Å². The first-order valence-corrected chi connectivity index (χ1v) is 12.0. The lowest BCUT2D eigenvalue weighted by atomic mass is 9.69. The molecule has 0 spiro atoms. The molecule has 4 fully saturated rings. The Hall–Kier alpha value is -1.60. The molecular formula is C26H34O6. The Morgan fingerprint density at radius 1 is 0.719 bits per heavy atom. The molecular weight excluding hydrogens is 408 g/mol. The van der Waals surface area contributed by atoms with Crippen molar-refractivity contribution in [3.05, 3.63) is 35.4 Å². The van der Waals surface area contributed by atoms with Gasteiger partial charge < -0.3 is 18.9 Å². The van der Waals surface area contributed by atoms with Crippen molar-refractivity contribution in [2.45, 2.75) is 90.0 Å². The summed E-state index contributed by atoms with van der Waals surface area (Å²) >= 11 is 0. The first-order valence-electron chi connectivity index (χ1n) is 12.0. The number of carbonyl (C=O) groups excluding carboxylic acids is 2. The van der Waals surface area contributed by atoms with Gasteiger partial charge in [0.2, 0.25) is 0 Å². The van der Waals surface area contributed by atoms with Crippen LogP contribution in [-0.4, -0.2) is 36.4 Å². The average molecular weight is 443 g/mol. The first-order chi connectivity index (χ1) is 15.3. The fourth-order valence-corrected chi connectivity index (χ4v) is 6.23. The number of Topliss-reactive ketones (excluding diaryl/α,β-unsaturated/α-hetero) is 2. The highest BCUT2D eigenvalue weighted by molar-refractivity contribution is 5.89. The smallest absolute Gasteiger partial charge is 0.181 e. The number of ketones is 2. The van der Waals surface area contributed by atoms with E-state index in [4.69, 9.17) is 18.9 Å². The second-order valence-corrected chi connectivity index (χ2v) is 10.4. The van der Waals surface area contributed by atoms with Crippen molar-refractivity contribution in [3.8, 4) is 0 Å². The lowest BCUT2D eigenvalue weighted by molar-refractivity contribution is -0.278. The maximum atomic E-state index is 12.6. The van der Waals surface area contributed by atoms with Gasteiger partial charge in [-0.2, -0.15) is 0 Å². The number of hydrogen-bond acceptors (Lipinski definition) is 6. The number of ether oxygens (including phenoxy) is 4. The highest BCUT2D eigenvalue weighted by atomic mass is 16.7. The molecule has 4 atom stereocenters. The molecule has 1 aromatic carbocycles. The van der Waals surface area contributed by atoms with Crippen molar-refractivity contribution in [1.82, 2.24) is 0 Å². The molecule has 5 rings (SSSR count). The molecule has 1 aromatic rings. The van der Waals surface area contributed by atoms with E-state index in [0.717, 1.165) is 62.5 Å². The lowest BCUT2D eigenvalue weighted by Gasteiger charge is -2.44. The van der Waals surface area contributed by atoms with Crippen LogP contribution in [0.25, 0.3) is 0 Å². The summed E-state index contributed by atoms with van der Waals surface area (Å²) in [5.74, 6) is -1.38. The normalized spacial score (nSPS) is 39.2. The van der Waals surface area contributed by atoms with E-state index in [1.165, 1.54) is 0 Å². The van der Waals surface area contributed by atoms with Crippen LogP contribution >= 0.6 is 0 Å². The molecule has 4 aliphatic rings. The summed E-state index contributed by atoms with van der Waals surface area (Å²) in [6.45, 7) is 4.96. The van der Waals surface area contributed by atoms with Crippen molar-refractivity contribution in [2.24, 2.45) is 10.8 Å². The minimum absolute atomic E-state index is 0.133. The van der Waals surface area contributed by atoms with E-state index in [9.17, 15) is 9.59 Å². The van der Waals surface area contributed by atoms with Gasteiger partial charge >= 0.3 is 0 Å². The molecule has 174 valence electrons. The summed E-state index contributed by atoms with van der Waals surface area (Å²) in [4.78, 5) is 25.2. The van der Waals surface area contributed by atoms with Crippen molar-refractivity contribution < 1.29 is 28.5 Å². The zero-order valence-electron chi connectivity index (χ0n) is 19.2. The maximum Gasteiger partial charge on any atom is 0.181 e. The Morgan fingerprint density at radius 3 is 1.56 bits per heavy atom. The Balaban J connectivity index is 1.32. The molecule has 0 N–H and O–H groups in total. The molecule has 2 aliphatic heterocycles. The van der Waals surface area contributed by atoms with E-state index in [1.807, 2.05) is 38.1 Å². The second kappa shape index (κ2) is 8.01. The molecule has 0 aromatic heterocycles. The van der Waals surface area contributed by atoms with Gasteiger partial charge in [-0.1, -0.05) is 37.1 Å². The van der Waals surface area contributed by atoms with Gasteiger partial charge in [-0.25, -0.2) is 0 Å². The van der Waals surface area contributed by atoms with Gasteiger partial charge in [0.15, 0.2) is 23.1 Å². The fraction of sp³-hybridized carbons (Fsp3) is 0.692. The maximum absolute atomic E-state index is 12.6. The van der Waals surface area contributed by atoms with E-state index >= 15 is 0 Å². The Labute approximate surface area is 189 Å². The molecule has 0 radical (unpaired) electrons. The fourth-order valence-electron chi connectivity index (χ4n) is 6.23. The third-order valence-electron chi connectivity index (χ3n) is 8.69. The minimum atomic E-state index is -0.835. The third-order valence-corrected chi connectivity index (χ3v) is 8.69. The van der Waals surface area contributed by atoms with Crippen LogP contribution in [0, 0.1) is 10.8 Å². The van der Waals surface area contributed by atoms with E-state index in [1.54, 1.807) is 0 Å². The minimum Gasteiger partial charge on any atom is -0.344 e. The van der Waals surface area contributed by atoms with Crippen LogP contribution in [0.2, 0.25) is 0 Å². The molecule has 2 saturated carbocycles. The van der Waals surface area contributed by atoms with Crippen LogP contribution in [0.5, 0.6) is 0 Å². The van der Waals surface area contributed by atoms with Crippen LogP contribution in [0.15, 0.2) is 24.3 Å². The van der Waals surface area contributed by atoms with Gasteiger partial charge in [-0.05, 0) is 50.7 Å². The summed E-state index contributed by atoms with van der Waals surface area (Å²) in [6, 6.07) is 8.04. The summed E-state index contributed by atoms with van der Waals surface area (Å²) < 4.78 is 24.8. The molecule has 2 aliphatic carbocycles. The molecule has 0 unspecified atom stereocenters. The number of carbonyl (C=O) groups is 2. The predicted molar refractivity (Wildman–Crippen MR) is 117 cm³/mol. The van der Waals surface area contributed by atoms with Gasteiger partial charge in [0.1, 0.15) is 13.2 Å². The number of fused-ring (bicyclic) bond motifs is 2. The standard InChI is InChI=1S/C26H34O6/c1-23-11-5-7-13-25(23,31-17-21(23)27)29-15-19-9-3-4-10-20(19)16-30-26-14-8-6-12-24(26,2)22(28)18-32-26/h3-4,9-10H,5-8,11-18H2,1-2H3/t23-,24-,25-,26-/m1/s1. The predicted octanol–water partition coefficient (Wildman–Crippen LogP) is 4.47. The largest absolute Gasteiger partial charge is 0.344 e. The number of benzene rings is 1. The second-order valence-electron chi connectivity index (χ2n) is 10.4. The lowest BCUT2D eigenvalue weighted by Crippen LogP contribution is -2.51. The van der Waals surface area contributed by atoms with Crippen molar-refractivity contribution in [1.29, 1.82) is 0 Å². The molecule has 6 heteroatoms. The first kappa shape index (κ1) is 22.2. The summed E-state index contributed by atoms with van der Waals surface area (Å²) in [5, 5.41) is 0. The van der Waals surface area contributed by atoms with Gasteiger partial charge in [0.25, 0.3) is 0 Å². The van der Waals surface area contributed by atoms with Gasteiger partial charge in [-0.15, -0.1) is 0 Å². The van der Waals surface area contributed by atoms with Crippen LogP contribution in [-0.2, 0) is 41.8 Å². The van der Waals surface area contributed by atoms with Crippen molar-refractivity contribution >= 4 is 11.6 Å². The zero-order chi connectivity index (χ0) is 22.5. The number of rotatable bonds is 6. The molecule has 2 saturated heterocycles. The van der Waals surface area contributed by atoms with E-state index < -0.39 is 22.4 Å². The van der Waals surface area contributed by atoms with E-state index in [0.29, 0.717) is 13.2 Å². The van der Waals surface area contributed by atoms with E-state index in [2.05, 4.69) is 0 Å². The monoisotopic (exact) mass is 442 g/mol. The van der Waals surface area contributed by atoms with Crippen LogP contribution in [0.4, 0.5) is 0 Å².